The SMILES string of the molecule is CNC(c1nn(-c2ccccc2)c(=O)[nH]1)C(C)C. The zero-order valence-electron chi connectivity index (χ0n) is 10.8. The Hall–Kier alpha value is -1.88. The second kappa shape index (κ2) is 5.18. The monoisotopic (exact) mass is 246 g/mol. The Labute approximate surface area is 106 Å². The molecule has 1 heterocycles. The molecule has 0 spiro atoms. The van der Waals surface area contributed by atoms with Crippen molar-refractivity contribution in [2.75, 3.05) is 7.05 Å². The molecule has 96 valence electrons. The van der Waals surface area contributed by atoms with Crippen LogP contribution in [0.4, 0.5) is 0 Å². The van der Waals surface area contributed by atoms with Crippen LogP contribution in [0.2, 0.25) is 0 Å². The standard InChI is InChI=1S/C13H18N4O/c1-9(2)11(14-3)12-15-13(18)17(16-12)10-7-5-4-6-8-10/h4-9,11,14H,1-3H3,(H,15,16,18). The number of nitrogens with one attached hydrogen (secondary N) is 2. The van der Waals surface area contributed by atoms with Crippen LogP contribution < -0.4 is 11.0 Å². The molecule has 0 saturated carbocycles. The van der Waals surface area contributed by atoms with E-state index in [1.54, 1.807) is 0 Å². The van der Waals surface area contributed by atoms with Crippen LogP contribution in [0, 0.1) is 5.92 Å². The average Bonchev–Trinajstić information content (AvgIpc) is 2.73. The predicted octanol–water partition coefficient (Wildman–Crippen LogP) is 1.48. The fourth-order valence-electron chi connectivity index (χ4n) is 2.01. The first-order valence-electron chi connectivity index (χ1n) is 6.05. The van der Waals surface area contributed by atoms with Gasteiger partial charge in [0.05, 0.1) is 11.7 Å². The largest absolute Gasteiger partial charge is 0.348 e. The minimum absolute atomic E-state index is 0.0441. The van der Waals surface area contributed by atoms with Crippen LogP contribution in [0.15, 0.2) is 35.1 Å². The molecular formula is C13H18N4O. The van der Waals surface area contributed by atoms with Crippen LogP contribution in [0.5, 0.6) is 0 Å². The molecule has 5 nitrogen and oxygen atoms in total. The van der Waals surface area contributed by atoms with Gasteiger partial charge in [0, 0.05) is 0 Å². The maximum absolute atomic E-state index is 11.9. The van der Waals surface area contributed by atoms with Gasteiger partial charge in [-0.25, -0.2) is 4.79 Å². The van der Waals surface area contributed by atoms with Gasteiger partial charge in [0.15, 0.2) is 0 Å². The summed E-state index contributed by atoms with van der Waals surface area (Å²) in [5.41, 5.74) is 0.556. The Bertz CT molecular complexity index is 556. The average molecular weight is 246 g/mol. The molecule has 0 radical (unpaired) electrons. The van der Waals surface area contributed by atoms with Gasteiger partial charge in [0.1, 0.15) is 5.82 Å². The van der Waals surface area contributed by atoms with Crippen LogP contribution in [0.3, 0.4) is 0 Å². The van der Waals surface area contributed by atoms with E-state index in [0.29, 0.717) is 11.7 Å². The van der Waals surface area contributed by atoms with E-state index in [2.05, 4.69) is 29.2 Å². The highest BCUT2D eigenvalue weighted by Gasteiger charge is 2.19. The smallest absolute Gasteiger partial charge is 0.310 e. The normalized spacial score (nSPS) is 12.9. The zero-order valence-corrected chi connectivity index (χ0v) is 10.8. The summed E-state index contributed by atoms with van der Waals surface area (Å²) >= 11 is 0. The maximum Gasteiger partial charge on any atom is 0.348 e. The molecule has 2 aromatic rings. The lowest BCUT2D eigenvalue weighted by Crippen LogP contribution is -2.23. The second-order valence-corrected chi connectivity index (χ2v) is 4.57. The second-order valence-electron chi connectivity index (χ2n) is 4.57. The number of hydrogen-bond acceptors (Lipinski definition) is 3. The molecule has 1 atom stereocenters. The highest BCUT2D eigenvalue weighted by Crippen LogP contribution is 2.16. The lowest BCUT2D eigenvalue weighted by Gasteiger charge is -2.16. The quantitative estimate of drug-likeness (QED) is 0.859. The molecule has 0 fully saturated rings. The van der Waals surface area contributed by atoms with E-state index in [4.69, 9.17) is 0 Å². The zero-order chi connectivity index (χ0) is 13.1. The summed E-state index contributed by atoms with van der Waals surface area (Å²) in [6.45, 7) is 4.17. The van der Waals surface area contributed by atoms with E-state index in [1.165, 1.54) is 4.68 Å². The van der Waals surface area contributed by atoms with Gasteiger partial charge in [-0.05, 0) is 25.1 Å². The van der Waals surface area contributed by atoms with Crippen molar-refractivity contribution in [1.29, 1.82) is 0 Å². The van der Waals surface area contributed by atoms with Crippen molar-refractivity contribution in [1.82, 2.24) is 20.1 Å². The van der Waals surface area contributed by atoms with Gasteiger partial charge in [0.2, 0.25) is 0 Å². The summed E-state index contributed by atoms with van der Waals surface area (Å²) in [7, 11) is 1.87. The molecule has 5 heteroatoms. The Morgan fingerprint density at radius 3 is 2.50 bits per heavy atom. The Morgan fingerprint density at radius 1 is 1.28 bits per heavy atom. The Morgan fingerprint density at radius 2 is 1.94 bits per heavy atom. The van der Waals surface area contributed by atoms with Crippen molar-refractivity contribution in [3.05, 3.63) is 46.6 Å². The molecular weight excluding hydrogens is 228 g/mol. The van der Waals surface area contributed by atoms with Crippen molar-refractivity contribution in [3.8, 4) is 5.69 Å². The molecule has 1 unspecified atom stereocenters. The number of para-hydroxylation sites is 1. The van der Waals surface area contributed by atoms with Gasteiger partial charge in [-0.2, -0.15) is 4.68 Å². The van der Waals surface area contributed by atoms with Gasteiger partial charge in [0.25, 0.3) is 0 Å². The van der Waals surface area contributed by atoms with Crippen molar-refractivity contribution in [2.24, 2.45) is 5.92 Å². The van der Waals surface area contributed by atoms with E-state index in [-0.39, 0.29) is 11.7 Å². The van der Waals surface area contributed by atoms with E-state index < -0.39 is 0 Å². The molecule has 0 bridgehead atoms. The Balaban J connectivity index is 2.42. The lowest BCUT2D eigenvalue weighted by atomic mass is 10.0. The predicted molar refractivity (Wildman–Crippen MR) is 70.8 cm³/mol. The highest BCUT2D eigenvalue weighted by atomic mass is 16.1. The van der Waals surface area contributed by atoms with Crippen molar-refractivity contribution in [2.45, 2.75) is 19.9 Å². The molecule has 2 rings (SSSR count). The van der Waals surface area contributed by atoms with Gasteiger partial charge >= 0.3 is 5.69 Å². The number of nitrogens with zero attached hydrogens (tertiary/aromatic N) is 2. The number of hydrogen-bond donors (Lipinski definition) is 2. The molecule has 0 aliphatic heterocycles. The number of aromatic nitrogens is 3. The molecule has 2 N–H and O–H groups in total. The first kappa shape index (κ1) is 12.6. The molecule has 0 aliphatic carbocycles. The van der Waals surface area contributed by atoms with Gasteiger partial charge in [-0.3, -0.25) is 4.98 Å². The van der Waals surface area contributed by atoms with E-state index in [1.807, 2.05) is 37.4 Å². The van der Waals surface area contributed by atoms with Crippen molar-refractivity contribution >= 4 is 0 Å². The van der Waals surface area contributed by atoms with Crippen LogP contribution in [0.25, 0.3) is 5.69 Å². The summed E-state index contributed by atoms with van der Waals surface area (Å²) in [6.07, 6.45) is 0. The third-order valence-corrected chi connectivity index (χ3v) is 2.91. The van der Waals surface area contributed by atoms with Crippen LogP contribution in [-0.2, 0) is 0 Å². The van der Waals surface area contributed by atoms with Crippen LogP contribution >= 0.6 is 0 Å². The van der Waals surface area contributed by atoms with Crippen molar-refractivity contribution in [3.63, 3.8) is 0 Å². The third kappa shape index (κ3) is 2.36. The first-order chi connectivity index (χ1) is 8.63. The number of H-pyrrole nitrogens is 1. The van der Waals surface area contributed by atoms with Gasteiger partial charge < -0.3 is 5.32 Å². The third-order valence-electron chi connectivity index (χ3n) is 2.91. The summed E-state index contributed by atoms with van der Waals surface area (Å²) in [6, 6.07) is 9.43. The molecule has 1 aromatic carbocycles. The van der Waals surface area contributed by atoms with Crippen molar-refractivity contribution < 1.29 is 0 Å². The highest BCUT2D eigenvalue weighted by molar-refractivity contribution is 5.29. The Kier molecular flexibility index (Phi) is 3.62. The fourth-order valence-corrected chi connectivity index (χ4v) is 2.01. The first-order valence-corrected chi connectivity index (χ1v) is 6.05. The number of aromatic amines is 1. The molecule has 0 saturated heterocycles. The lowest BCUT2D eigenvalue weighted by molar-refractivity contribution is 0.422. The van der Waals surface area contributed by atoms with E-state index in [0.717, 1.165) is 5.69 Å². The van der Waals surface area contributed by atoms with Gasteiger partial charge in [-0.15, -0.1) is 5.10 Å². The maximum atomic E-state index is 11.9. The molecule has 1 aromatic heterocycles. The number of rotatable bonds is 4. The van der Waals surface area contributed by atoms with Crippen LogP contribution in [-0.4, -0.2) is 21.8 Å². The molecule has 0 aliphatic rings. The summed E-state index contributed by atoms with van der Waals surface area (Å²) in [5, 5.41) is 7.52. The summed E-state index contributed by atoms with van der Waals surface area (Å²) in [5.74, 6) is 1.02. The summed E-state index contributed by atoms with van der Waals surface area (Å²) < 4.78 is 1.39. The summed E-state index contributed by atoms with van der Waals surface area (Å²) in [4.78, 5) is 14.7. The van der Waals surface area contributed by atoms with E-state index in [9.17, 15) is 4.79 Å². The van der Waals surface area contributed by atoms with Crippen LogP contribution in [0.1, 0.15) is 25.7 Å². The van der Waals surface area contributed by atoms with Gasteiger partial charge in [-0.1, -0.05) is 32.0 Å². The minimum Gasteiger partial charge on any atom is -0.310 e. The molecule has 18 heavy (non-hydrogen) atoms. The fraction of sp³-hybridized carbons (Fsp3) is 0.385. The molecule has 0 amide bonds. The minimum atomic E-state index is -0.211. The van der Waals surface area contributed by atoms with E-state index >= 15 is 0 Å². The topological polar surface area (TPSA) is 62.7 Å². The number of benzene rings is 1.